The highest BCUT2D eigenvalue weighted by atomic mass is 35.5. The van der Waals surface area contributed by atoms with Gasteiger partial charge in [-0.3, -0.25) is 0 Å². The molecule has 9 heteroatoms. The summed E-state index contributed by atoms with van der Waals surface area (Å²) in [7, 11) is 3.08. The van der Waals surface area contributed by atoms with Crippen molar-refractivity contribution in [2.24, 2.45) is 0 Å². The number of ether oxygens (including phenoxy) is 2. The minimum atomic E-state index is 0.236. The second kappa shape index (κ2) is 7.39. The van der Waals surface area contributed by atoms with Crippen molar-refractivity contribution in [1.29, 1.82) is 0 Å². The number of methoxy groups -OCH3 is 2. The minimum Gasteiger partial charge on any atom is -0.491 e. The van der Waals surface area contributed by atoms with Gasteiger partial charge in [-0.05, 0) is 19.1 Å². The Hall–Kier alpha value is -2.51. The lowest BCUT2D eigenvalue weighted by atomic mass is 10.2. The van der Waals surface area contributed by atoms with Gasteiger partial charge in [-0.1, -0.05) is 29.3 Å². The fraction of sp³-hybridized carbons (Fsp3) is 0.235. The first-order valence-electron chi connectivity index (χ1n) is 7.67. The van der Waals surface area contributed by atoms with Crippen LogP contribution in [0.2, 0.25) is 10.0 Å². The van der Waals surface area contributed by atoms with E-state index in [0.717, 1.165) is 11.1 Å². The number of anilines is 1. The SMILES string of the molecule is COc1cnc(-c2nn(Cc3c(Cl)cccc3Cl)c(OC)c2C)nc1N. The molecule has 0 aliphatic carbocycles. The number of benzene rings is 1. The molecule has 0 fully saturated rings. The highest BCUT2D eigenvalue weighted by Gasteiger charge is 2.21. The van der Waals surface area contributed by atoms with Gasteiger partial charge >= 0.3 is 0 Å². The minimum absolute atomic E-state index is 0.236. The number of aromatic nitrogens is 4. The van der Waals surface area contributed by atoms with E-state index in [1.54, 1.807) is 30.0 Å². The van der Waals surface area contributed by atoms with Crippen molar-refractivity contribution in [3.05, 3.63) is 45.6 Å². The highest BCUT2D eigenvalue weighted by Crippen LogP contribution is 2.32. The molecule has 0 unspecified atom stereocenters. The highest BCUT2D eigenvalue weighted by molar-refractivity contribution is 6.35. The van der Waals surface area contributed by atoms with Crippen molar-refractivity contribution < 1.29 is 9.47 Å². The Morgan fingerprint density at radius 2 is 1.85 bits per heavy atom. The second-order valence-electron chi connectivity index (χ2n) is 5.49. The molecule has 7 nitrogen and oxygen atoms in total. The van der Waals surface area contributed by atoms with Crippen molar-refractivity contribution in [3.63, 3.8) is 0 Å². The van der Waals surface area contributed by atoms with Gasteiger partial charge in [-0.25, -0.2) is 14.6 Å². The fourth-order valence-corrected chi connectivity index (χ4v) is 3.12. The lowest BCUT2D eigenvalue weighted by Crippen LogP contribution is -2.06. The normalized spacial score (nSPS) is 10.8. The van der Waals surface area contributed by atoms with Crippen LogP contribution in [0.5, 0.6) is 11.6 Å². The molecule has 2 aromatic heterocycles. The van der Waals surface area contributed by atoms with E-state index in [0.29, 0.717) is 39.7 Å². The van der Waals surface area contributed by atoms with E-state index >= 15 is 0 Å². The van der Waals surface area contributed by atoms with Gasteiger partial charge in [-0.15, -0.1) is 0 Å². The molecule has 3 aromatic rings. The molecule has 0 aliphatic rings. The third kappa shape index (κ3) is 3.27. The maximum Gasteiger partial charge on any atom is 0.215 e. The van der Waals surface area contributed by atoms with Gasteiger partial charge in [0.25, 0.3) is 0 Å². The van der Waals surface area contributed by atoms with Crippen molar-refractivity contribution in [2.75, 3.05) is 20.0 Å². The molecule has 0 saturated heterocycles. The van der Waals surface area contributed by atoms with E-state index in [2.05, 4.69) is 15.1 Å². The molecule has 2 N–H and O–H groups in total. The molecule has 0 saturated carbocycles. The van der Waals surface area contributed by atoms with E-state index < -0.39 is 0 Å². The summed E-state index contributed by atoms with van der Waals surface area (Å²) in [6, 6.07) is 5.35. The lowest BCUT2D eigenvalue weighted by Gasteiger charge is -2.09. The van der Waals surface area contributed by atoms with Crippen LogP contribution in [0.1, 0.15) is 11.1 Å². The first-order valence-corrected chi connectivity index (χ1v) is 8.43. The van der Waals surface area contributed by atoms with Gasteiger partial charge in [0.05, 0.1) is 27.0 Å². The molecular formula is C17H17Cl2N5O2. The zero-order chi connectivity index (χ0) is 18.8. The average molecular weight is 394 g/mol. The van der Waals surface area contributed by atoms with Crippen LogP contribution in [0.3, 0.4) is 0 Å². The molecule has 136 valence electrons. The summed E-state index contributed by atoms with van der Waals surface area (Å²) in [4.78, 5) is 8.54. The topological polar surface area (TPSA) is 88.1 Å². The van der Waals surface area contributed by atoms with E-state index in [1.807, 2.05) is 6.92 Å². The van der Waals surface area contributed by atoms with Gasteiger partial charge in [0, 0.05) is 21.2 Å². The van der Waals surface area contributed by atoms with Crippen LogP contribution >= 0.6 is 23.2 Å². The van der Waals surface area contributed by atoms with Gasteiger partial charge in [0.15, 0.2) is 17.4 Å². The Balaban J connectivity index is 2.06. The number of nitrogen functional groups attached to an aromatic ring is 1. The van der Waals surface area contributed by atoms with Crippen molar-refractivity contribution in [2.45, 2.75) is 13.5 Å². The smallest absolute Gasteiger partial charge is 0.215 e. The van der Waals surface area contributed by atoms with Crippen LogP contribution in [0.15, 0.2) is 24.4 Å². The standard InChI is InChI=1S/C17H17Cl2N5O2/c1-9-14(16-21-7-13(25-2)15(20)22-16)23-24(17(9)26-3)8-10-11(18)5-4-6-12(10)19/h4-7H,8H2,1-3H3,(H2,20,21,22). The number of halogens is 2. The first kappa shape index (κ1) is 18.3. The molecule has 1 aromatic carbocycles. The van der Waals surface area contributed by atoms with E-state index in [4.69, 9.17) is 38.4 Å². The van der Waals surface area contributed by atoms with Crippen LogP contribution < -0.4 is 15.2 Å². The van der Waals surface area contributed by atoms with E-state index in [9.17, 15) is 0 Å². The predicted molar refractivity (Wildman–Crippen MR) is 101 cm³/mol. The van der Waals surface area contributed by atoms with Crippen LogP contribution in [-0.2, 0) is 6.54 Å². The molecule has 3 rings (SSSR count). The average Bonchev–Trinajstić information content (AvgIpc) is 2.93. The molecule has 0 amide bonds. The van der Waals surface area contributed by atoms with Gasteiger partial charge in [-0.2, -0.15) is 5.10 Å². The zero-order valence-corrected chi connectivity index (χ0v) is 16.0. The van der Waals surface area contributed by atoms with Crippen LogP contribution in [-0.4, -0.2) is 34.0 Å². The molecule has 0 atom stereocenters. The van der Waals surface area contributed by atoms with Crippen molar-refractivity contribution in [1.82, 2.24) is 19.7 Å². The summed E-state index contributed by atoms with van der Waals surface area (Å²) < 4.78 is 12.3. The summed E-state index contributed by atoms with van der Waals surface area (Å²) in [6.45, 7) is 2.21. The van der Waals surface area contributed by atoms with Gasteiger partial charge in [0.1, 0.15) is 5.69 Å². The Kier molecular flexibility index (Phi) is 5.20. The zero-order valence-electron chi connectivity index (χ0n) is 14.5. The number of hydrogen-bond donors (Lipinski definition) is 1. The Morgan fingerprint density at radius 3 is 2.42 bits per heavy atom. The van der Waals surface area contributed by atoms with Crippen molar-refractivity contribution in [3.8, 4) is 23.1 Å². The lowest BCUT2D eigenvalue weighted by molar-refractivity contribution is 0.364. The number of nitrogens with zero attached hydrogens (tertiary/aromatic N) is 4. The molecule has 2 heterocycles. The Morgan fingerprint density at radius 1 is 1.15 bits per heavy atom. The maximum absolute atomic E-state index is 6.27. The van der Waals surface area contributed by atoms with E-state index in [-0.39, 0.29) is 5.82 Å². The quantitative estimate of drug-likeness (QED) is 0.712. The summed E-state index contributed by atoms with van der Waals surface area (Å²) in [6.07, 6.45) is 1.51. The first-order chi connectivity index (χ1) is 12.5. The maximum atomic E-state index is 6.27. The largest absolute Gasteiger partial charge is 0.491 e. The molecule has 0 aliphatic heterocycles. The number of rotatable bonds is 5. The van der Waals surface area contributed by atoms with Gasteiger partial charge in [0.2, 0.25) is 5.88 Å². The summed E-state index contributed by atoms with van der Waals surface area (Å²) in [5.74, 6) is 1.58. The van der Waals surface area contributed by atoms with Gasteiger partial charge < -0.3 is 15.2 Å². The molecule has 0 radical (unpaired) electrons. The Bertz CT molecular complexity index is 938. The summed E-state index contributed by atoms with van der Waals surface area (Å²) >= 11 is 12.5. The molecule has 0 bridgehead atoms. The number of nitrogens with two attached hydrogens (primary N) is 1. The van der Waals surface area contributed by atoms with Crippen LogP contribution in [0.4, 0.5) is 5.82 Å². The van der Waals surface area contributed by atoms with E-state index in [1.165, 1.54) is 13.3 Å². The third-order valence-corrected chi connectivity index (χ3v) is 4.62. The van der Waals surface area contributed by atoms with Crippen molar-refractivity contribution >= 4 is 29.0 Å². The molecule has 0 spiro atoms. The molecular weight excluding hydrogens is 377 g/mol. The summed E-state index contributed by atoms with van der Waals surface area (Å²) in [5.41, 5.74) is 7.96. The number of hydrogen-bond acceptors (Lipinski definition) is 6. The summed E-state index contributed by atoms with van der Waals surface area (Å²) in [5, 5.41) is 5.69. The molecule has 26 heavy (non-hydrogen) atoms. The van der Waals surface area contributed by atoms with Crippen LogP contribution in [0.25, 0.3) is 11.5 Å². The monoisotopic (exact) mass is 393 g/mol. The second-order valence-corrected chi connectivity index (χ2v) is 6.30. The third-order valence-electron chi connectivity index (χ3n) is 3.91. The van der Waals surface area contributed by atoms with Crippen LogP contribution in [0, 0.1) is 6.92 Å². The fourth-order valence-electron chi connectivity index (χ4n) is 2.60. The Labute approximate surface area is 160 Å². The predicted octanol–water partition coefficient (Wildman–Crippen LogP) is 3.60.